The second-order valence-corrected chi connectivity index (χ2v) is 3.88. The highest BCUT2D eigenvalue weighted by Crippen LogP contribution is 2.17. The van der Waals surface area contributed by atoms with Crippen LogP contribution in [0.3, 0.4) is 0 Å². The Labute approximate surface area is 104 Å². The summed E-state index contributed by atoms with van der Waals surface area (Å²) in [6.07, 6.45) is 1.61. The number of hydrogen-bond acceptors (Lipinski definition) is 3. The third-order valence-corrected chi connectivity index (χ3v) is 2.78. The van der Waals surface area contributed by atoms with Gasteiger partial charge in [-0.25, -0.2) is 0 Å². The number of carbonyl (C=O) groups excluding carboxylic acids is 1. The molecule has 1 amide bonds. The van der Waals surface area contributed by atoms with E-state index in [9.17, 15) is 9.59 Å². The number of carbonyl (C=O) groups is 1. The number of amides is 1. The van der Waals surface area contributed by atoms with Gasteiger partial charge in [-0.2, -0.15) is 0 Å². The van der Waals surface area contributed by atoms with Crippen LogP contribution in [-0.2, 0) is 11.3 Å². The van der Waals surface area contributed by atoms with Gasteiger partial charge in [0, 0.05) is 18.6 Å². The average molecular weight is 246 g/mol. The Morgan fingerprint density at radius 2 is 2.17 bits per heavy atom. The average Bonchev–Trinajstić information content (AvgIpc) is 2.41. The first-order valence-corrected chi connectivity index (χ1v) is 5.53. The lowest BCUT2D eigenvalue weighted by molar-refractivity contribution is -0.121. The normalized spacial score (nSPS) is 10.3. The lowest BCUT2D eigenvalue weighted by Crippen LogP contribution is -2.29. The molecule has 1 aromatic heterocycles. The summed E-state index contributed by atoms with van der Waals surface area (Å²) in [4.78, 5) is 23.4. The Balaban J connectivity index is 2.51. The highest BCUT2D eigenvalue weighted by Gasteiger charge is 2.06. The quantitative estimate of drug-likeness (QED) is 0.869. The lowest BCUT2D eigenvalue weighted by Gasteiger charge is -2.07. The van der Waals surface area contributed by atoms with Crippen LogP contribution in [0.1, 0.15) is 0 Å². The second-order valence-electron chi connectivity index (χ2n) is 3.88. The molecule has 0 fully saturated rings. The number of fused-ring (bicyclic) bond motifs is 1. The fourth-order valence-electron chi connectivity index (χ4n) is 1.75. The third-order valence-electron chi connectivity index (χ3n) is 2.78. The molecular formula is C13H14N2O3. The monoisotopic (exact) mass is 246 g/mol. The molecule has 94 valence electrons. The first kappa shape index (κ1) is 12.2. The van der Waals surface area contributed by atoms with Crippen molar-refractivity contribution in [3.8, 4) is 5.75 Å². The van der Waals surface area contributed by atoms with Crippen LogP contribution < -0.4 is 15.6 Å². The van der Waals surface area contributed by atoms with Crippen LogP contribution >= 0.6 is 0 Å². The number of likely N-dealkylation sites (N-methyl/N-ethyl adjacent to an activating group) is 1. The van der Waals surface area contributed by atoms with Crippen LogP contribution in [0.2, 0.25) is 0 Å². The van der Waals surface area contributed by atoms with Crippen molar-refractivity contribution in [2.45, 2.75) is 6.54 Å². The molecule has 18 heavy (non-hydrogen) atoms. The summed E-state index contributed by atoms with van der Waals surface area (Å²) < 4.78 is 6.48. The molecule has 0 atom stereocenters. The molecule has 0 radical (unpaired) electrons. The Hall–Kier alpha value is -2.30. The van der Waals surface area contributed by atoms with E-state index in [1.165, 1.54) is 4.57 Å². The van der Waals surface area contributed by atoms with Gasteiger partial charge in [-0.05, 0) is 29.7 Å². The van der Waals surface area contributed by atoms with Crippen LogP contribution in [0.25, 0.3) is 10.8 Å². The van der Waals surface area contributed by atoms with Crippen molar-refractivity contribution in [3.05, 3.63) is 40.8 Å². The molecule has 0 saturated heterocycles. The van der Waals surface area contributed by atoms with E-state index in [0.29, 0.717) is 11.1 Å². The Morgan fingerprint density at radius 3 is 2.83 bits per heavy atom. The van der Waals surface area contributed by atoms with Gasteiger partial charge in [-0.3, -0.25) is 9.59 Å². The van der Waals surface area contributed by atoms with Gasteiger partial charge in [0.2, 0.25) is 5.91 Å². The summed E-state index contributed by atoms with van der Waals surface area (Å²) >= 11 is 0. The molecule has 2 aromatic rings. The molecule has 5 nitrogen and oxygen atoms in total. The number of benzene rings is 1. The number of pyridine rings is 1. The van der Waals surface area contributed by atoms with E-state index in [4.69, 9.17) is 4.74 Å². The minimum absolute atomic E-state index is 0.0251. The predicted octanol–water partition coefficient (Wildman–Crippen LogP) is 0.756. The summed E-state index contributed by atoms with van der Waals surface area (Å²) in [7, 11) is 3.12. The van der Waals surface area contributed by atoms with Crippen LogP contribution in [0.15, 0.2) is 35.3 Å². The number of hydrogen-bond donors (Lipinski definition) is 1. The number of methoxy groups -OCH3 is 1. The van der Waals surface area contributed by atoms with Crippen molar-refractivity contribution in [3.63, 3.8) is 0 Å². The fourth-order valence-corrected chi connectivity index (χ4v) is 1.75. The molecule has 0 bridgehead atoms. The minimum Gasteiger partial charge on any atom is -0.497 e. The minimum atomic E-state index is -0.204. The molecule has 0 aliphatic rings. The lowest BCUT2D eigenvalue weighted by atomic mass is 10.1. The van der Waals surface area contributed by atoms with Gasteiger partial charge < -0.3 is 14.6 Å². The largest absolute Gasteiger partial charge is 0.497 e. The molecule has 0 saturated carbocycles. The molecule has 2 rings (SSSR count). The van der Waals surface area contributed by atoms with Crippen molar-refractivity contribution in [1.29, 1.82) is 0 Å². The highest BCUT2D eigenvalue weighted by molar-refractivity contribution is 5.83. The van der Waals surface area contributed by atoms with Crippen LogP contribution in [0.4, 0.5) is 0 Å². The van der Waals surface area contributed by atoms with E-state index in [0.717, 1.165) is 5.39 Å². The Morgan fingerprint density at radius 1 is 1.39 bits per heavy atom. The van der Waals surface area contributed by atoms with Crippen LogP contribution in [0, 0.1) is 0 Å². The number of rotatable bonds is 3. The molecule has 0 aliphatic heterocycles. The van der Waals surface area contributed by atoms with Gasteiger partial charge in [-0.15, -0.1) is 0 Å². The number of nitrogens with one attached hydrogen (secondary N) is 1. The standard InChI is InChI=1S/C13H14N2O3/c1-14-12(16)8-15-6-5-9-7-10(18-2)3-4-11(9)13(15)17/h3-7H,8H2,1-2H3,(H,14,16). The van der Waals surface area contributed by atoms with E-state index in [-0.39, 0.29) is 18.0 Å². The molecular weight excluding hydrogens is 232 g/mol. The zero-order chi connectivity index (χ0) is 13.1. The Kier molecular flexibility index (Phi) is 3.32. The number of aromatic nitrogens is 1. The molecule has 0 spiro atoms. The van der Waals surface area contributed by atoms with Crippen molar-refractivity contribution in [2.75, 3.05) is 14.2 Å². The van der Waals surface area contributed by atoms with Gasteiger partial charge in [0.05, 0.1) is 7.11 Å². The SMILES string of the molecule is CNC(=O)Cn1ccc2cc(OC)ccc2c1=O. The van der Waals surface area contributed by atoms with Crippen LogP contribution in [0.5, 0.6) is 5.75 Å². The zero-order valence-corrected chi connectivity index (χ0v) is 10.3. The Bertz CT molecular complexity index is 646. The van der Waals surface area contributed by atoms with Crippen molar-refractivity contribution in [1.82, 2.24) is 9.88 Å². The summed E-state index contributed by atoms with van der Waals surface area (Å²) in [5, 5.41) is 3.86. The van der Waals surface area contributed by atoms with E-state index < -0.39 is 0 Å². The van der Waals surface area contributed by atoms with Gasteiger partial charge in [0.1, 0.15) is 12.3 Å². The van der Waals surface area contributed by atoms with Gasteiger partial charge in [0.25, 0.3) is 5.56 Å². The summed E-state index contributed by atoms with van der Waals surface area (Å²) in [6, 6.07) is 7.02. The maximum absolute atomic E-state index is 12.1. The van der Waals surface area contributed by atoms with Crippen molar-refractivity contribution >= 4 is 16.7 Å². The van der Waals surface area contributed by atoms with Gasteiger partial charge in [-0.1, -0.05) is 0 Å². The van der Waals surface area contributed by atoms with E-state index in [1.807, 2.05) is 0 Å². The molecule has 5 heteroatoms. The summed E-state index contributed by atoms with van der Waals surface area (Å²) in [6.45, 7) is 0.0251. The smallest absolute Gasteiger partial charge is 0.258 e. The van der Waals surface area contributed by atoms with Gasteiger partial charge >= 0.3 is 0 Å². The fraction of sp³-hybridized carbons (Fsp3) is 0.231. The molecule has 1 N–H and O–H groups in total. The summed E-state index contributed by atoms with van der Waals surface area (Å²) in [5.41, 5.74) is -0.182. The number of nitrogens with zero attached hydrogens (tertiary/aromatic N) is 1. The molecule has 0 unspecified atom stereocenters. The molecule has 1 aromatic carbocycles. The maximum atomic E-state index is 12.1. The third kappa shape index (κ3) is 2.20. The topological polar surface area (TPSA) is 60.3 Å². The van der Waals surface area contributed by atoms with E-state index in [2.05, 4.69) is 5.32 Å². The van der Waals surface area contributed by atoms with Crippen LogP contribution in [-0.4, -0.2) is 24.6 Å². The predicted molar refractivity (Wildman–Crippen MR) is 68.8 cm³/mol. The van der Waals surface area contributed by atoms with Crippen molar-refractivity contribution in [2.24, 2.45) is 0 Å². The first-order chi connectivity index (χ1) is 8.65. The highest BCUT2D eigenvalue weighted by atomic mass is 16.5. The van der Waals surface area contributed by atoms with Crippen molar-refractivity contribution < 1.29 is 9.53 Å². The number of ether oxygens (including phenoxy) is 1. The van der Waals surface area contributed by atoms with E-state index >= 15 is 0 Å². The van der Waals surface area contributed by atoms with E-state index in [1.54, 1.807) is 44.6 Å². The first-order valence-electron chi connectivity index (χ1n) is 5.53. The molecule has 0 aliphatic carbocycles. The molecule has 1 heterocycles. The zero-order valence-electron chi connectivity index (χ0n) is 10.3. The van der Waals surface area contributed by atoms with Gasteiger partial charge in [0.15, 0.2) is 0 Å². The summed E-state index contributed by atoms with van der Waals surface area (Å²) in [5.74, 6) is 0.496. The maximum Gasteiger partial charge on any atom is 0.258 e. The second kappa shape index (κ2) is 4.91.